The molecule has 0 spiro atoms. The third kappa shape index (κ3) is 4.93. The lowest BCUT2D eigenvalue weighted by molar-refractivity contribution is -0.137. The zero-order chi connectivity index (χ0) is 23.0. The predicted molar refractivity (Wildman–Crippen MR) is 112 cm³/mol. The molecule has 6 nitrogen and oxygen atoms in total. The van der Waals surface area contributed by atoms with E-state index in [2.05, 4.69) is 4.98 Å². The maximum atomic E-state index is 13.1. The first-order valence-electron chi connectivity index (χ1n) is 9.71. The van der Waals surface area contributed by atoms with E-state index in [4.69, 9.17) is 0 Å². The van der Waals surface area contributed by atoms with Gasteiger partial charge in [-0.05, 0) is 36.2 Å². The van der Waals surface area contributed by atoms with Crippen molar-refractivity contribution in [3.8, 4) is 6.07 Å². The highest BCUT2D eigenvalue weighted by Crippen LogP contribution is 2.33. The Bertz CT molecular complexity index is 1110. The summed E-state index contributed by atoms with van der Waals surface area (Å²) in [7, 11) is -3.59. The molecule has 1 aromatic heterocycles. The lowest BCUT2D eigenvalue weighted by Crippen LogP contribution is -2.56. The van der Waals surface area contributed by atoms with E-state index in [1.807, 2.05) is 29.7 Å². The average molecular weight is 453 g/mol. The van der Waals surface area contributed by atoms with Crippen molar-refractivity contribution in [1.82, 2.24) is 4.98 Å². The number of halogens is 3. The van der Waals surface area contributed by atoms with Crippen LogP contribution in [-0.2, 0) is 16.0 Å². The van der Waals surface area contributed by atoms with Gasteiger partial charge in [-0.2, -0.15) is 18.4 Å². The van der Waals surface area contributed by atoms with E-state index in [1.165, 1.54) is 18.3 Å². The number of hydrogen-bond donors (Lipinski definition) is 0. The Morgan fingerprint density at radius 3 is 2.48 bits per heavy atom. The summed E-state index contributed by atoms with van der Waals surface area (Å²) in [4.78, 5) is 8.00. The molecule has 0 saturated carbocycles. The number of anilines is 2. The van der Waals surface area contributed by atoms with Crippen molar-refractivity contribution in [1.29, 1.82) is 5.26 Å². The highest BCUT2D eigenvalue weighted by atomic mass is 32.2. The molecule has 166 valence electrons. The van der Waals surface area contributed by atoms with E-state index in [0.29, 0.717) is 25.3 Å². The number of pyridine rings is 1. The average Bonchev–Trinajstić information content (AvgIpc) is 2.71. The highest BCUT2D eigenvalue weighted by Gasteiger charge is 2.34. The Labute approximate surface area is 179 Å². The first-order valence-corrected chi connectivity index (χ1v) is 11.6. The molecular weight excluding hydrogens is 429 g/mol. The van der Waals surface area contributed by atoms with Crippen molar-refractivity contribution < 1.29 is 21.6 Å². The first-order chi connectivity index (χ1) is 14.4. The third-order valence-electron chi connectivity index (χ3n) is 5.41. The fourth-order valence-electron chi connectivity index (χ4n) is 3.76. The second-order valence-corrected chi connectivity index (χ2v) is 9.90. The smallest absolute Gasteiger partial charge is 0.368 e. The zero-order valence-corrected chi connectivity index (χ0v) is 18.2. The second kappa shape index (κ2) is 8.38. The topological polar surface area (TPSA) is 77.3 Å². The molecule has 1 aliphatic rings. The Balaban J connectivity index is 1.92. The van der Waals surface area contributed by atoms with Crippen molar-refractivity contribution >= 4 is 21.3 Å². The van der Waals surface area contributed by atoms with E-state index in [9.17, 15) is 26.9 Å². The van der Waals surface area contributed by atoms with Crippen LogP contribution in [0.15, 0.2) is 41.4 Å². The van der Waals surface area contributed by atoms with Gasteiger partial charge in [-0.15, -0.1) is 0 Å². The molecule has 0 bridgehead atoms. The Kier molecular flexibility index (Phi) is 6.18. The molecule has 0 amide bonds. The summed E-state index contributed by atoms with van der Waals surface area (Å²) in [5.74, 6) is 0.372. The standard InChI is InChI=1S/C21H23F3N4O2S/c1-14(2)18-13-27(17-5-4-15(12-25)19(11-17)31(3,29)30)8-9-28(18)20-10-16(6-7-26-20)21(22,23)24/h4-7,10-11,14,18H,8-9,13H2,1-3H3. The van der Waals surface area contributed by atoms with Crippen LogP contribution in [0, 0.1) is 17.2 Å². The molecule has 10 heteroatoms. The number of nitriles is 1. The molecule has 1 aromatic carbocycles. The Morgan fingerprint density at radius 1 is 1.19 bits per heavy atom. The maximum Gasteiger partial charge on any atom is 0.416 e. The number of nitrogens with zero attached hydrogens (tertiary/aromatic N) is 4. The summed E-state index contributed by atoms with van der Waals surface area (Å²) < 4.78 is 63.6. The molecule has 31 heavy (non-hydrogen) atoms. The van der Waals surface area contributed by atoms with Gasteiger partial charge in [0.2, 0.25) is 0 Å². The predicted octanol–water partition coefficient (Wildman–Crippen LogP) is 3.73. The lowest BCUT2D eigenvalue weighted by Gasteiger charge is -2.45. The van der Waals surface area contributed by atoms with Gasteiger partial charge in [-0.3, -0.25) is 0 Å². The molecule has 1 fully saturated rings. The van der Waals surface area contributed by atoms with Gasteiger partial charge in [0.15, 0.2) is 9.84 Å². The summed E-state index contributed by atoms with van der Waals surface area (Å²) in [6.45, 7) is 5.33. The third-order valence-corrected chi connectivity index (χ3v) is 6.54. The van der Waals surface area contributed by atoms with Gasteiger partial charge in [-0.1, -0.05) is 13.8 Å². The quantitative estimate of drug-likeness (QED) is 0.704. The van der Waals surface area contributed by atoms with Gasteiger partial charge in [-0.25, -0.2) is 13.4 Å². The van der Waals surface area contributed by atoms with Crippen LogP contribution in [-0.4, -0.2) is 45.3 Å². The van der Waals surface area contributed by atoms with Crippen LogP contribution in [0.5, 0.6) is 0 Å². The number of alkyl halides is 3. The van der Waals surface area contributed by atoms with E-state index in [0.717, 1.165) is 18.4 Å². The summed E-state index contributed by atoms with van der Waals surface area (Å²) >= 11 is 0. The molecular formula is C21H23F3N4O2S. The number of benzene rings is 1. The second-order valence-electron chi connectivity index (χ2n) is 7.92. The van der Waals surface area contributed by atoms with Crippen LogP contribution in [0.2, 0.25) is 0 Å². The van der Waals surface area contributed by atoms with Gasteiger partial charge >= 0.3 is 6.18 Å². The molecule has 2 heterocycles. The van der Waals surface area contributed by atoms with Gasteiger partial charge in [0, 0.05) is 37.8 Å². The van der Waals surface area contributed by atoms with Crippen LogP contribution < -0.4 is 9.80 Å². The van der Waals surface area contributed by atoms with Gasteiger partial charge in [0.05, 0.1) is 22.1 Å². The normalized spacial score (nSPS) is 17.7. The summed E-state index contributed by atoms with van der Waals surface area (Å²) in [6.07, 6.45) is -2.22. The molecule has 1 unspecified atom stereocenters. The summed E-state index contributed by atoms with van der Waals surface area (Å²) in [6, 6.07) is 8.45. The highest BCUT2D eigenvalue weighted by molar-refractivity contribution is 7.90. The van der Waals surface area contributed by atoms with Crippen molar-refractivity contribution in [3.63, 3.8) is 0 Å². The van der Waals surface area contributed by atoms with Crippen molar-refractivity contribution in [3.05, 3.63) is 47.7 Å². The zero-order valence-electron chi connectivity index (χ0n) is 17.4. The Hall–Kier alpha value is -2.80. The van der Waals surface area contributed by atoms with Crippen LogP contribution in [0.4, 0.5) is 24.7 Å². The number of rotatable bonds is 4. The summed E-state index contributed by atoms with van der Waals surface area (Å²) in [5.41, 5.74) is -0.00694. The van der Waals surface area contributed by atoms with E-state index < -0.39 is 21.6 Å². The number of aromatic nitrogens is 1. The van der Waals surface area contributed by atoms with Crippen LogP contribution in [0.3, 0.4) is 0 Å². The Morgan fingerprint density at radius 2 is 1.90 bits per heavy atom. The maximum absolute atomic E-state index is 13.1. The molecule has 1 saturated heterocycles. The van der Waals surface area contributed by atoms with Crippen molar-refractivity contribution in [2.75, 3.05) is 35.7 Å². The van der Waals surface area contributed by atoms with Gasteiger partial charge in [0.1, 0.15) is 11.9 Å². The largest absolute Gasteiger partial charge is 0.416 e. The minimum absolute atomic E-state index is 0.0319. The summed E-state index contributed by atoms with van der Waals surface area (Å²) in [5, 5.41) is 9.22. The fourth-order valence-corrected chi connectivity index (χ4v) is 4.61. The molecule has 0 N–H and O–H groups in total. The lowest BCUT2D eigenvalue weighted by atomic mass is 9.98. The number of piperazine rings is 1. The molecule has 0 aliphatic carbocycles. The van der Waals surface area contributed by atoms with E-state index in [-0.39, 0.29) is 28.2 Å². The van der Waals surface area contributed by atoms with Gasteiger partial charge in [0.25, 0.3) is 0 Å². The number of hydrogen-bond acceptors (Lipinski definition) is 6. The van der Waals surface area contributed by atoms with Crippen molar-refractivity contribution in [2.24, 2.45) is 5.92 Å². The van der Waals surface area contributed by atoms with E-state index >= 15 is 0 Å². The molecule has 1 atom stereocenters. The molecule has 0 radical (unpaired) electrons. The molecule has 1 aliphatic heterocycles. The fraction of sp³-hybridized carbons (Fsp3) is 0.429. The minimum Gasteiger partial charge on any atom is -0.368 e. The van der Waals surface area contributed by atoms with Gasteiger partial charge < -0.3 is 9.80 Å². The molecule has 2 aromatic rings. The molecule has 3 rings (SSSR count). The van der Waals surface area contributed by atoms with E-state index in [1.54, 1.807) is 6.07 Å². The monoisotopic (exact) mass is 452 g/mol. The van der Waals surface area contributed by atoms with Crippen LogP contribution in [0.1, 0.15) is 25.0 Å². The van der Waals surface area contributed by atoms with Crippen molar-refractivity contribution in [2.45, 2.75) is 31.0 Å². The number of sulfone groups is 1. The van der Waals surface area contributed by atoms with Crippen LogP contribution >= 0.6 is 0 Å². The minimum atomic E-state index is -4.45. The first kappa shape index (κ1) is 22.9. The van der Waals surface area contributed by atoms with Crippen LogP contribution in [0.25, 0.3) is 0 Å². The SMILES string of the molecule is CC(C)C1CN(c2ccc(C#N)c(S(C)(=O)=O)c2)CCN1c1cc(C(F)(F)F)ccn1.